The van der Waals surface area contributed by atoms with Gasteiger partial charge in [0.25, 0.3) is 0 Å². The molecule has 0 saturated heterocycles. The van der Waals surface area contributed by atoms with Crippen LogP contribution in [-0.2, 0) is 5.41 Å². The normalized spacial score (nSPS) is 15.6. The van der Waals surface area contributed by atoms with Crippen LogP contribution in [0.5, 0.6) is 0 Å². The predicted octanol–water partition coefficient (Wildman–Crippen LogP) is 13.2. The number of furan rings is 1. The van der Waals surface area contributed by atoms with Crippen molar-refractivity contribution in [3.8, 4) is 27.9 Å². The average Bonchev–Trinajstić information content (AvgIpc) is 3.91. The molecule has 8 aromatic carbocycles. The van der Waals surface area contributed by atoms with Gasteiger partial charge in [0, 0.05) is 38.1 Å². The summed E-state index contributed by atoms with van der Waals surface area (Å²) < 4.78 is 9.38. The van der Waals surface area contributed by atoms with E-state index in [1.54, 1.807) is 0 Å². The Hall–Kier alpha value is -7.50. The van der Waals surface area contributed by atoms with Crippen molar-refractivity contribution < 1.29 is 4.42 Å². The maximum atomic E-state index is 6.97. The maximum Gasteiger partial charge on any atom is 0.159 e. The Morgan fingerprint density at radius 2 is 1.24 bits per heavy atom. The lowest BCUT2D eigenvalue weighted by Crippen LogP contribution is -2.33. The van der Waals surface area contributed by atoms with E-state index in [0.29, 0.717) is 5.84 Å². The molecule has 1 N–H and O–H groups in total. The van der Waals surface area contributed by atoms with Crippen LogP contribution in [-0.4, -0.2) is 16.2 Å². The number of rotatable bonds is 5. The zero-order valence-corrected chi connectivity index (χ0v) is 32.6. The second-order valence-electron chi connectivity index (χ2n) is 16.2. The Labute approximate surface area is 341 Å². The molecule has 12 rings (SSSR count). The van der Waals surface area contributed by atoms with Crippen molar-refractivity contribution in [2.75, 3.05) is 0 Å². The Bertz CT molecular complexity index is 3390. The van der Waals surface area contributed by atoms with Crippen LogP contribution in [0.1, 0.15) is 47.8 Å². The van der Waals surface area contributed by atoms with E-state index in [0.717, 1.165) is 66.8 Å². The van der Waals surface area contributed by atoms with Gasteiger partial charge in [-0.3, -0.25) is 0 Å². The first-order chi connectivity index (χ1) is 29.0. The molecule has 0 bridgehead atoms. The molecule has 1 atom stereocenters. The van der Waals surface area contributed by atoms with Crippen molar-refractivity contribution in [2.24, 2.45) is 9.98 Å². The molecule has 1 unspecified atom stereocenters. The van der Waals surface area contributed by atoms with Crippen LogP contribution in [0.4, 0.5) is 0 Å². The highest BCUT2D eigenvalue weighted by molar-refractivity contribution is 6.23. The van der Waals surface area contributed by atoms with Crippen molar-refractivity contribution in [2.45, 2.75) is 25.4 Å². The van der Waals surface area contributed by atoms with Crippen molar-refractivity contribution in [1.29, 1.82) is 0 Å². The van der Waals surface area contributed by atoms with Crippen molar-refractivity contribution in [3.63, 3.8) is 0 Å². The predicted molar refractivity (Wildman–Crippen MR) is 243 cm³/mol. The molecule has 0 radical (unpaired) electrons. The van der Waals surface area contributed by atoms with E-state index in [1.807, 2.05) is 24.3 Å². The van der Waals surface area contributed by atoms with Gasteiger partial charge in [-0.1, -0.05) is 159 Å². The molecule has 0 spiro atoms. The Kier molecular flexibility index (Phi) is 7.27. The topological polar surface area (TPSA) is 54.8 Å². The van der Waals surface area contributed by atoms with Crippen LogP contribution in [0.25, 0.3) is 71.7 Å². The van der Waals surface area contributed by atoms with Crippen molar-refractivity contribution in [3.05, 3.63) is 210 Å². The number of hydrogen-bond acceptors (Lipinski definition) is 4. The van der Waals surface area contributed by atoms with E-state index >= 15 is 0 Å². The highest BCUT2D eigenvalue weighted by Gasteiger charge is 2.36. The van der Waals surface area contributed by atoms with Gasteiger partial charge in [0.15, 0.2) is 11.4 Å². The fourth-order valence-corrected chi connectivity index (χ4v) is 9.62. The number of fused-ring (bicyclic) bond motifs is 9. The molecule has 2 aliphatic rings. The average molecular weight is 759 g/mol. The van der Waals surface area contributed by atoms with Crippen LogP contribution >= 0.6 is 0 Å². The second-order valence-corrected chi connectivity index (χ2v) is 16.2. The lowest BCUT2D eigenvalue weighted by Gasteiger charge is -2.24. The van der Waals surface area contributed by atoms with Crippen LogP contribution in [0.2, 0.25) is 0 Å². The van der Waals surface area contributed by atoms with Gasteiger partial charge < -0.3 is 14.3 Å². The summed E-state index contributed by atoms with van der Waals surface area (Å²) in [6, 6.07) is 64.6. The Morgan fingerprint density at radius 3 is 2.10 bits per heavy atom. The molecule has 0 amide bonds. The van der Waals surface area contributed by atoms with E-state index in [2.05, 4.69) is 181 Å². The summed E-state index contributed by atoms with van der Waals surface area (Å²) in [4.78, 5) is 10.4. The minimum absolute atomic E-state index is 0.127. The molecule has 1 aliphatic carbocycles. The molecule has 5 heteroatoms. The Morgan fingerprint density at radius 1 is 0.542 bits per heavy atom. The van der Waals surface area contributed by atoms with Crippen LogP contribution < -0.4 is 5.32 Å². The third kappa shape index (κ3) is 5.11. The number of aromatic nitrogens is 1. The molecule has 5 nitrogen and oxygen atoms in total. The molecule has 1 aliphatic heterocycles. The highest BCUT2D eigenvalue weighted by atomic mass is 16.3. The molecule has 59 heavy (non-hydrogen) atoms. The van der Waals surface area contributed by atoms with Gasteiger partial charge in [0.1, 0.15) is 17.6 Å². The van der Waals surface area contributed by atoms with Gasteiger partial charge in [0.2, 0.25) is 0 Å². The number of amidine groups is 2. The quantitative estimate of drug-likeness (QED) is 0.190. The summed E-state index contributed by atoms with van der Waals surface area (Å²) in [6.45, 7) is 4.69. The first-order valence-electron chi connectivity index (χ1n) is 20.3. The molecule has 0 fully saturated rings. The molecule has 3 heterocycles. The molecule has 10 aromatic rings. The zero-order valence-electron chi connectivity index (χ0n) is 32.6. The summed E-state index contributed by atoms with van der Waals surface area (Å²) in [5.41, 5.74) is 15.5. The van der Waals surface area contributed by atoms with Crippen molar-refractivity contribution >= 4 is 55.4 Å². The standard InChI is InChI=1S/C54H38N4O/c1-54(2)43-26-11-9-22-37(43)41-31-42-38-23-10-12-27-45(38)58(47(42)32-44(41)54)46-28-14-24-39-49-40(25-15-29-48(49)59-50(39)46)53-56-51(34-18-7-4-8-19-34)55-52(57-53)36-21-13-20-35(30-36)33-16-5-3-6-17-33/h3-32,52H,1-2H3,(H,55,56,57). The summed E-state index contributed by atoms with van der Waals surface area (Å²) >= 11 is 0. The molecule has 0 saturated carbocycles. The zero-order chi connectivity index (χ0) is 39.2. The SMILES string of the molecule is CC1(C)c2ccccc2-c2cc3c4ccccc4n(-c4cccc5c4oc4cccc(C6=NC(c7ccccc7)=NC(c7cccc(-c8ccccc8)c7)N6)c45)c3cc21. The van der Waals surface area contributed by atoms with Gasteiger partial charge in [-0.2, -0.15) is 0 Å². The number of nitrogens with zero attached hydrogens (tertiary/aromatic N) is 3. The number of aliphatic imine (C=N–C) groups is 2. The molecular formula is C54H38N4O. The van der Waals surface area contributed by atoms with Gasteiger partial charge in [-0.15, -0.1) is 0 Å². The van der Waals surface area contributed by atoms with E-state index in [1.165, 1.54) is 38.5 Å². The summed E-state index contributed by atoms with van der Waals surface area (Å²) in [5.74, 6) is 1.43. The fraction of sp³-hybridized carbons (Fsp3) is 0.0741. The maximum absolute atomic E-state index is 6.97. The first kappa shape index (κ1) is 33.6. The third-order valence-corrected chi connectivity index (χ3v) is 12.5. The highest BCUT2D eigenvalue weighted by Crippen LogP contribution is 2.51. The number of nitrogens with one attached hydrogen (secondary N) is 1. The van der Waals surface area contributed by atoms with E-state index < -0.39 is 0 Å². The summed E-state index contributed by atoms with van der Waals surface area (Å²) in [6.07, 6.45) is -0.361. The largest absolute Gasteiger partial charge is 0.454 e. The molecular weight excluding hydrogens is 721 g/mol. The lowest BCUT2D eigenvalue weighted by atomic mass is 9.82. The Balaban J connectivity index is 1.04. The lowest BCUT2D eigenvalue weighted by molar-refractivity contribution is 0.660. The van der Waals surface area contributed by atoms with Crippen LogP contribution in [0.15, 0.2) is 196 Å². The molecule has 2 aromatic heterocycles. The second kappa shape index (κ2) is 12.8. The van der Waals surface area contributed by atoms with Gasteiger partial charge in [-0.25, -0.2) is 9.98 Å². The minimum atomic E-state index is -0.361. The van der Waals surface area contributed by atoms with Gasteiger partial charge in [-0.05, 0) is 75.3 Å². The van der Waals surface area contributed by atoms with Crippen LogP contribution in [0, 0.1) is 0 Å². The number of hydrogen-bond donors (Lipinski definition) is 1. The fourth-order valence-electron chi connectivity index (χ4n) is 9.62. The van der Waals surface area contributed by atoms with E-state index in [-0.39, 0.29) is 11.6 Å². The molecule has 280 valence electrons. The van der Waals surface area contributed by atoms with Gasteiger partial charge in [0.05, 0.1) is 16.7 Å². The third-order valence-electron chi connectivity index (χ3n) is 12.5. The first-order valence-corrected chi connectivity index (χ1v) is 20.3. The minimum Gasteiger partial charge on any atom is -0.454 e. The van der Waals surface area contributed by atoms with E-state index in [9.17, 15) is 0 Å². The van der Waals surface area contributed by atoms with Gasteiger partial charge >= 0.3 is 0 Å². The summed E-state index contributed by atoms with van der Waals surface area (Å²) in [7, 11) is 0. The smallest absolute Gasteiger partial charge is 0.159 e. The monoisotopic (exact) mass is 758 g/mol. The number of benzene rings is 8. The summed E-state index contributed by atoms with van der Waals surface area (Å²) in [5, 5.41) is 8.25. The number of para-hydroxylation sites is 2. The van der Waals surface area contributed by atoms with Crippen molar-refractivity contribution in [1.82, 2.24) is 9.88 Å². The van der Waals surface area contributed by atoms with Crippen LogP contribution in [0.3, 0.4) is 0 Å². The van der Waals surface area contributed by atoms with E-state index in [4.69, 9.17) is 14.4 Å².